The van der Waals surface area contributed by atoms with E-state index in [1.54, 1.807) is 0 Å². The van der Waals surface area contributed by atoms with Gasteiger partial charge in [0, 0.05) is 17.0 Å². The first-order valence-electron chi connectivity index (χ1n) is 9.38. The van der Waals surface area contributed by atoms with E-state index in [4.69, 9.17) is 0 Å². The molecule has 7 heteroatoms. The van der Waals surface area contributed by atoms with Crippen LogP contribution in [0.5, 0.6) is 0 Å². The number of rotatable bonds is 4. The van der Waals surface area contributed by atoms with Crippen LogP contribution in [0.1, 0.15) is 51.5 Å². The normalized spacial score (nSPS) is 14.1. The van der Waals surface area contributed by atoms with Crippen molar-refractivity contribution >= 4 is 11.6 Å². The number of anilines is 1. The zero-order valence-electron chi connectivity index (χ0n) is 16.0. The molecule has 0 saturated heterocycles. The third-order valence-corrected chi connectivity index (χ3v) is 5.13. The number of carbonyl (C=O) groups is 1. The summed E-state index contributed by atoms with van der Waals surface area (Å²) in [6.07, 6.45) is -2.41. The smallest absolute Gasteiger partial charge is 0.319 e. The molecule has 2 aromatic carbocycles. The van der Waals surface area contributed by atoms with Gasteiger partial charge < -0.3 is 5.32 Å². The largest absolute Gasteiger partial charge is 0.416 e. The second-order valence-corrected chi connectivity index (χ2v) is 7.48. The minimum Gasteiger partial charge on any atom is -0.319 e. The van der Waals surface area contributed by atoms with E-state index in [1.807, 2.05) is 32.0 Å². The quantitative estimate of drug-likeness (QED) is 0.579. The van der Waals surface area contributed by atoms with Gasteiger partial charge in [-0.3, -0.25) is 9.89 Å². The molecule has 1 aliphatic carbocycles. The van der Waals surface area contributed by atoms with E-state index >= 15 is 0 Å². The Morgan fingerprint density at radius 2 is 1.79 bits per heavy atom. The van der Waals surface area contributed by atoms with Gasteiger partial charge in [-0.1, -0.05) is 23.8 Å². The Morgan fingerprint density at radius 3 is 2.38 bits per heavy atom. The lowest BCUT2D eigenvalue weighted by Crippen LogP contribution is -2.14. The fourth-order valence-electron chi connectivity index (χ4n) is 3.42. The van der Waals surface area contributed by atoms with Crippen molar-refractivity contribution in [2.75, 3.05) is 5.32 Å². The van der Waals surface area contributed by atoms with Gasteiger partial charge in [0.15, 0.2) is 0 Å². The number of aromatic amines is 1. The van der Waals surface area contributed by atoms with Crippen LogP contribution in [0.4, 0.5) is 18.9 Å². The van der Waals surface area contributed by atoms with Crippen molar-refractivity contribution in [3.63, 3.8) is 0 Å². The molecule has 1 fully saturated rings. The summed E-state index contributed by atoms with van der Waals surface area (Å²) in [7, 11) is 0. The first-order chi connectivity index (χ1) is 13.7. The van der Waals surface area contributed by atoms with Crippen molar-refractivity contribution in [3.8, 4) is 11.3 Å². The fourth-order valence-corrected chi connectivity index (χ4v) is 3.42. The number of nitrogens with zero attached hydrogens (tertiary/aromatic N) is 1. The molecule has 1 aliphatic rings. The molecule has 0 bridgehead atoms. The van der Waals surface area contributed by atoms with Crippen LogP contribution in [0.25, 0.3) is 11.3 Å². The SMILES string of the molecule is Cc1ccc(-c2n[nH]c(C3CC3)c2NC(=O)c2ccc(C(F)(F)F)cc2)c(C)c1. The van der Waals surface area contributed by atoms with E-state index < -0.39 is 17.6 Å². The Kier molecular flexibility index (Phi) is 4.68. The summed E-state index contributed by atoms with van der Waals surface area (Å²) in [4.78, 5) is 12.8. The molecular formula is C22H20F3N3O. The van der Waals surface area contributed by atoms with E-state index in [0.29, 0.717) is 17.3 Å². The average molecular weight is 399 g/mol. The zero-order chi connectivity index (χ0) is 20.8. The maximum atomic E-state index is 12.8. The summed E-state index contributed by atoms with van der Waals surface area (Å²) in [6, 6.07) is 10.2. The Bertz CT molecular complexity index is 1060. The number of aromatic nitrogens is 2. The van der Waals surface area contributed by atoms with E-state index in [9.17, 15) is 18.0 Å². The van der Waals surface area contributed by atoms with Crippen LogP contribution < -0.4 is 5.32 Å². The van der Waals surface area contributed by atoms with Crippen molar-refractivity contribution < 1.29 is 18.0 Å². The van der Waals surface area contributed by atoms with Crippen LogP contribution in [0, 0.1) is 13.8 Å². The molecule has 1 aromatic heterocycles. The van der Waals surface area contributed by atoms with Crippen molar-refractivity contribution in [3.05, 3.63) is 70.4 Å². The lowest BCUT2D eigenvalue weighted by molar-refractivity contribution is -0.137. The van der Waals surface area contributed by atoms with E-state index in [0.717, 1.165) is 47.4 Å². The number of carbonyl (C=O) groups excluding carboxylic acids is 1. The van der Waals surface area contributed by atoms with Gasteiger partial charge in [0.05, 0.1) is 16.9 Å². The lowest BCUT2D eigenvalue weighted by Gasteiger charge is -2.11. The molecule has 29 heavy (non-hydrogen) atoms. The topological polar surface area (TPSA) is 57.8 Å². The fraction of sp³-hybridized carbons (Fsp3) is 0.273. The van der Waals surface area contributed by atoms with Gasteiger partial charge in [0.1, 0.15) is 5.69 Å². The summed E-state index contributed by atoms with van der Waals surface area (Å²) < 4.78 is 38.3. The standard InChI is InChI=1S/C22H20F3N3O/c1-12-3-10-17(13(2)11-12)19-20(18(27-28-19)14-4-5-14)26-21(29)15-6-8-16(9-7-15)22(23,24)25/h3,6-11,14H,4-5H2,1-2H3,(H,26,29)(H,27,28). The van der Waals surface area contributed by atoms with E-state index in [1.165, 1.54) is 12.1 Å². The Morgan fingerprint density at radius 1 is 1.10 bits per heavy atom. The number of H-pyrrole nitrogens is 1. The summed E-state index contributed by atoms with van der Waals surface area (Å²) in [6.45, 7) is 3.99. The van der Waals surface area contributed by atoms with Gasteiger partial charge in [-0.05, 0) is 56.5 Å². The molecule has 1 saturated carbocycles. The molecule has 1 heterocycles. The van der Waals surface area contributed by atoms with Gasteiger partial charge in [-0.2, -0.15) is 18.3 Å². The number of halogens is 3. The number of alkyl halides is 3. The molecule has 1 amide bonds. The molecule has 3 aromatic rings. The third-order valence-electron chi connectivity index (χ3n) is 5.13. The average Bonchev–Trinajstić information content (AvgIpc) is 3.43. The van der Waals surface area contributed by atoms with Gasteiger partial charge in [-0.15, -0.1) is 0 Å². The molecule has 0 aliphatic heterocycles. The summed E-state index contributed by atoms with van der Waals surface area (Å²) in [5.41, 5.74) is 4.54. The number of aryl methyl sites for hydroxylation is 2. The number of hydrogen-bond acceptors (Lipinski definition) is 2. The van der Waals surface area contributed by atoms with Gasteiger partial charge >= 0.3 is 6.18 Å². The van der Waals surface area contributed by atoms with Gasteiger partial charge in [-0.25, -0.2) is 0 Å². The van der Waals surface area contributed by atoms with E-state index in [2.05, 4.69) is 15.5 Å². The first-order valence-corrected chi connectivity index (χ1v) is 9.38. The number of nitrogens with one attached hydrogen (secondary N) is 2. The van der Waals surface area contributed by atoms with Crippen LogP contribution >= 0.6 is 0 Å². The van der Waals surface area contributed by atoms with Crippen LogP contribution in [0.2, 0.25) is 0 Å². The number of hydrogen-bond donors (Lipinski definition) is 2. The highest BCUT2D eigenvalue weighted by molar-refractivity contribution is 6.06. The predicted octanol–water partition coefficient (Wildman–Crippen LogP) is 5.84. The molecule has 4 nitrogen and oxygen atoms in total. The summed E-state index contributed by atoms with van der Waals surface area (Å²) in [5.74, 6) is -0.155. The van der Waals surface area contributed by atoms with Crippen molar-refractivity contribution in [1.82, 2.24) is 10.2 Å². The van der Waals surface area contributed by atoms with Crippen molar-refractivity contribution in [2.45, 2.75) is 38.8 Å². The van der Waals surface area contributed by atoms with Crippen molar-refractivity contribution in [2.24, 2.45) is 0 Å². The van der Waals surface area contributed by atoms with Crippen LogP contribution in [-0.4, -0.2) is 16.1 Å². The van der Waals surface area contributed by atoms with Crippen LogP contribution in [-0.2, 0) is 6.18 Å². The number of amides is 1. The number of benzene rings is 2. The predicted molar refractivity (Wildman–Crippen MR) is 105 cm³/mol. The molecule has 2 N–H and O–H groups in total. The second-order valence-electron chi connectivity index (χ2n) is 7.48. The van der Waals surface area contributed by atoms with Gasteiger partial charge in [0.25, 0.3) is 5.91 Å². The highest BCUT2D eigenvalue weighted by atomic mass is 19.4. The van der Waals surface area contributed by atoms with Crippen LogP contribution in [0.3, 0.4) is 0 Å². The zero-order valence-corrected chi connectivity index (χ0v) is 16.0. The Balaban J connectivity index is 1.67. The monoisotopic (exact) mass is 399 g/mol. The first kappa shape index (κ1) is 19.2. The second kappa shape index (κ2) is 7.06. The third kappa shape index (κ3) is 3.90. The summed E-state index contributed by atoms with van der Waals surface area (Å²) in [5, 5.41) is 10.4. The molecule has 0 atom stereocenters. The molecule has 0 radical (unpaired) electrons. The minimum absolute atomic E-state index is 0.160. The van der Waals surface area contributed by atoms with Crippen molar-refractivity contribution in [1.29, 1.82) is 0 Å². The molecular weight excluding hydrogens is 379 g/mol. The maximum Gasteiger partial charge on any atom is 0.416 e. The highest BCUT2D eigenvalue weighted by Crippen LogP contribution is 2.45. The van der Waals surface area contributed by atoms with Crippen LogP contribution in [0.15, 0.2) is 42.5 Å². The molecule has 0 spiro atoms. The van der Waals surface area contributed by atoms with Gasteiger partial charge in [0.2, 0.25) is 0 Å². The minimum atomic E-state index is -4.44. The molecule has 0 unspecified atom stereocenters. The summed E-state index contributed by atoms with van der Waals surface area (Å²) >= 11 is 0. The highest BCUT2D eigenvalue weighted by Gasteiger charge is 2.32. The Hall–Kier alpha value is -3.09. The Labute approximate surface area is 166 Å². The lowest BCUT2D eigenvalue weighted by atomic mass is 10.0. The maximum absolute atomic E-state index is 12.8. The van der Waals surface area contributed by atoms with E-state index in [-0.39, 0.29) is 5.56 Å². The molecule has 4 rings (SSSR count). The molecule has 150 valence electrons.